The quantitative estimate of drug-likeness (QED) is 0.916. The van der Waals surface area contributed by atoms with Gasteiger partial charge in [-0.05, 0) is 32.8 Å². The van der Waals surface area contributed by atoms with Gasteiger partial charge in [0.05, 0.1) is 12.6 Å². The molecule has 110 valence electrons. The van der Waals surface area contributed by atoms with E-state index < -0.39 is 6.10 Å². The molecule has 0 radical (unpaired) electrons. The van der Waals surface area contributed by atoms with Crippen molar-refractivity contribution < 1.29 is 9.90 Å². The maximum Gasteiger partial charge on any atom is 0.242 e. The zero-order chi connectivity index (χ0) is 14.5. The molecule has 0 saturated carbocycles. The number of aliphatic hydroxyl groups is 1. The summed E-state index contributed by atoms with van der Waals surface area (Å²) in [7, 11) is 0. The molecule has 1 atom stereocenters. The van der Waals surface area contributed by atoms with E-state index in [1.165, 1.54) is 0 Å². The van der Waals surface area contributed by atoms with Crippen LogP contribution in [0.3, 0.4) is 0 Å². The first-order valence-corrected chi connectivity index (χ1v) is 7.47. The van der Waals surface area contributed by atoms with Gasteiger partial charge in [-0.1, -0.05) is 18.2 Å². The van der Waals surface area contributed by atoms with E-state index in [2.05, 4.69) is 4.90 Å². The van der Waals surface area contributed by atoms with E-state index in [-0.39, 0.29) is 5.91 Å². The molecule has 4 nitrogen and oxygen atoms in total. The number of nitrogens with zero attached hydrogens (tertiary/aromatic N) is 2. The van der Waals surface area contributed by atoms with Gasteiger partial charge in [-0.2, -0.15) is 0 Å². The minimum absolute atomic E-state index is 0.154. The lowest BCUT2D eigenvalue weighted by Crippen LogP contribution is -2.40. The first kappa shape index (κ1) is 14.9. The number of amides is 1. The number of likely N-dealkylation sites (N-methyl/N-ethyl adjacent to an activating group) is 1. The fourth-order valence-electron chi connectivity index (χ4n) is 2.81. The number of carbonyl (C=O) groups excluding carboxylic acids is 1. The lowest BCUT2D eigenvalue weighted by molar-refractivity contribution is -0.129. The van der Waals surface area contributed by atoms with Crippen molar-refractivity contribution in [2.45, 2.75) is 32.8 Å². The van der Waals surface area contributed by atoms with Gasteiger partial charge in [-0.25, -0.2) is 0 Å². The van der Waals surface area contributed by atoms with E-state index in [0.717, 1.165) is 43.7 Å². The Kier molecular flexibility index (Phi) is 5.01. The summed E-state index contributed by atoms with van der Waals surface area (Å²) in [6, 6.07) is 7.86. The Morgan fingerprint density at radius 2 is 2.05 bits per heavy atom. The van der Waals surface area contributed by atoms with Gasteiger partial charge < -0.3 is 14.9 Å². The number of rotatable bonds is 4. The molecule has 0 aliphatic carbocycles. The molecule has 4 heteroatoms. The topological polar surface area (TPSA) is 43.8 Å². The zero-order valence-electron chi connectivity index (χ0n) is 12.4. The van der Waals surface area contributed by atoms with Crippen LogP contribution in [0.1, 0.15) is 38.4 Å². The molecule has 1 aliphatic heterocycles. The number of aliphatic hydroxyl groups excluding tert-OH is 1. The highest BCUT2D eigenvalue weighted by molar-refractivity contribution is 5.82. The molecule has 1 heterocycles. The minimum Gasteiger partial charge on any atom is -0.388 e. The van der Waals surface area contributed by atoms with Gasteiger partial charge in [-0.3, -0.25) is 4.79 Å². The number of hydrogen-bond acceptors (Lipinski definition) is 3. The Bertz CT molecular complexity index is 458. The van der Waals surface area contributed by atoms with Crippen molar-refractivity contribution >= 4 is 11.6 Å². The molecule has 1 unspecified atom stereocenters. The number of carbonyl (C=O) groups is 1. The van der Waals surface area contributed by atoms with E-state index in [4.69, 9.17) is 0 Å². The summed E-state index contributed by atoms with van der Waals surface area (Å²) in [5.41, 5.74) is 1.94. The van der Waals surface area contributed by atoms with Crippen LogP contribution in [0.5, 0.6) is 0 Å². The van der Waals surface area contributed by atoms with Crippen LogP contribution in [-0.2, 0) is 4.79 Å². The van der Waals surface area contributed by atoms with Gasteiger partial charge in [0, 0.05) is 30.9 Å². The van der Waals surface area contributed by atoms with Crippen LogP contribution in [0.15, 0.2) is 24.3 Å². The monoisotopic (exact) mass is 276 g/mol. The summed E-state index contributed by atoms with van der Waals surface area (Å²) in [5, 5.41) is 10.2. The van der Waals surface area contributed by atoms with Crippen molar-refractivity contribution in [2.75, 3.05) is 31.1 Å². The molecular formula is C16H24N2O2. The molecule has 2 rings (SSSR count). The largest absolute Gasteiger partial charge is 0.388 e. The summed E-state index contributed by atoms with van der Waals surface area (Å²) < 4.78 is 0. The molecule has 1 aromatic carbocycles. The molecule has 1 N–H and O–H groups in total. The van der Waals surface area contributed by atoms with Crippen molar-refractivity contribution in [1.29, 1.82) is 0 Å². The summed E-state index contributed by atoms with van der Waals surface area (Å²) in [6.07, 6.45) is 1.24. The van der Waals surface area contributed by atoms with E-state index in [1.807, 2.05) is 43.0 Å². The third-order valence-electron chi connectivity index (χ3n) is 3.98. The molecule has 0 bridgehead atoms. The van der Waals surface area contributed by atoms with Crippen molar-refractivity contribution in [3.63, 3.8) is 0 Å². The van der Waals surface area contributed by atoms with Crippen LogP contribution in [0.2, 0.25) is 0 Å². The highest BCUT2D eigenvalue weighted by Gasteiger charge is 2.23. The minimum atomic E-state index is -0.417. The molecule has 1 aliphatic rings. The fraction of sp³-hybridized carbons (Fsp3) is 0.562. The molecule has 1 aromatic rings. The Morgan fingerprint density at radius 3 is 2.75 bits per heavy atom. The van der Waals surface area contributed by atoms with Crippen molar-refractivity contribution in [3.05, 3.63) is 29.8 Å². The average Bonchev–Trinajstić information content (AvgIpc) is 2.61. The van der Waals surface area contributed by atoms with E-state index in [9.17, 15) is 9.90 Å². The average molecular weight is 276 g/mol. The SMILES string of the molecule is CCN(CC)C(=O)CN1CCCC(O)c2ccccc21. The Labute approximate surface area is 121 Å². The summed E-state index contributed by atoms with van der Waals surface area (Å²) in [4.78, 5) is 16.3. The molecule has 0 saturated heterocycles. The number of anilines is 1. The Hall–Kier alpha value is -1.55. The predicted octanol–water partition coefficient (Wildman–Crippen LogP) is 2.19. The highest BCUT2D eigenvalue weighted by Crippen LogP contribution is 2.32. The van der Waals surface area contributed by atoms with Crippen LogP contribution in [0.4, 0.5) is 5.69 Å². The standard InChI is InChI=1S/C16H24N2O2/c1-3-17(4-2)16(20)12-18-11-7-10-15(19)13-8-5-6-9-14(13)18/h5-6,8-9,15,19H,3-4,7,10-12H2,1-2H3. The molecule has 0 fully saturated rings. The van der Waals surface area contributed by atoms with Gasteiger partial charge in [0.2, 0.25) is 5.91 Å². The Balaban J connectivity index is 2.19. The van der Waals surface area contributed by atoms with Crippen LogP contribution < -0.4 is 4.90 Å². The van der Waals surface area contributed by atoms with E-state index in [0.29, 0.717) is 6.54 Å². The van der Waals surface area contributed by atoms with Crippen LogP contribution in [0, 0.1) is 0 Å². The van der Waals surface area contributed by atoms with E-state index in [1.54, 1.807) is 0 Å². The molecule has 0 spiro atoms. The maximum atomic E-state index is 12.3. The molecule has 1 amide bonds. The number of para-hydroxylation sites is 1. The zero-order valence-corrected chi connectivity index (χ0v) is 12.4. The molecular weight excluding hydrogens is 252 g/mol. The second-order valence-corrected chi connectivity index (χ2v) is 5.20. The molecule has 0 aromatic heterocycles. The van der Waals surface area contributed by atoms with Gasteiger partial charge in [0.25, 0.3) is 0 Å². The van der Waals surface area contributed by atoms with Gasteiger partial charge in [0.15, 0.2) is 0 Å². The number of fused-ring (bicyclic) bond motifs is 1. The third kappa shape index (κ3) is 3.12. The number of hydrogen-bond donors (Lipinski definition) is 1. The second-order valence-electron chi connectivity index (χ2n) is 5.20. The Morgan fingerprint density at radius 1 is 1.35 bits per heavy atom. The van der Waals surface area contributed by atoms with Crippen molar-refractivity contribution in [1.82, 2.24) is 4.90 Å². The normalized spacial score (nSPS) is 18.4. The first-order valence-electron chi connectivity index (χ1n) is 7.47. The summed E-state index contributed by atoms with van der Waals surface area (Å²) >= 11 is 0. The van der Waals surface area contributed by atoms with Crippen LogP contribution in [0.25, 0.3) is 0 Å². The van der Waals surface area contributed by atoms with E-state index >= 15 is 0 Å². The lowest BCUT2D eigenvalue weighted by Gasteiger charge is -2.28. The highest BCUT2D eigenvalue weighted by atomic mass is 16.3. The summed E-state index contributed by atoms with van der Waals surface area (Å²) in [6.45, 7) is 6.70. The van der Waals surface area contributed by atoms with Crippen LogP contribution in [-0.4, -0.2) is 42.1 Å². The van der Waals surface area contributed by atoms with Crippen molar-refractivity contribution in [3.8, 4) is 0 Å². The first-order chi connectivity index (χ1) is 9.67. The molecule has 20 heavy (non-hydrogen) atoms. The maximum absolute atomic E-state index is 12.3. The smallest absolute Gasteiger partial charge is 0.242 e. The fourth-order valence-corrected chi connectivity index (χ4v) is 2.81. The predicted molar refractivity (Wildman–Crippen MR) is 80.8 cm³/mol. The van der Waals surface area contributed by atoms with Crippen LogP contribution >= 0.6 is 0 Å². The lowest BCUT2D eigenvalue weighted by atomic mass is 10.0. The van der Waals surface area contributed by atoms with Gasteiger partial charge in [0.1, 0.15) is 0 Å². The van der Waals surface area contributed by atoms with Crippen molar-refractivity contribution in [2.24, 2.45) is 0 Å². The number of benzene rings is 1. The third-order valence-corrected chi connectivity index (χ3v) is 3.98. The van der Waals surface area contributed by atoms with Gasteiger partial charge >= 0.3 is 0 Å². The van der Waals surface area contributed by atoms with Gasteiger partial charge in [-0.15, -0.1) is 0 Å². The second kappa shape index (κ2) is 6.75. The summed E-state index contributed by atoms with van der Waals surface area (Å²) in [5.74, 6) is 0.154.